The molecule has 1 aromatic carbocycles. The van der Waals surface area contributed by atoms with Crippen molar-refractivity contribution >= 4 is 33.2 Å². The van der Waals surface area contributed by atoms with Crippen molar-refractivity contribution < 1.29 is 13.2 Å². The fourth-order valence-corrected chi connectivity index (χ4v) is 4.83. The smallest absolute Gasteiger partial charge is 0.228 e. The highest BCUT2D eigenvalue weighted by atomic mass is 35.5. The van der Waals surface area contributed by atoms with Crippen LogP contribution in [-0.2, 0) is 20.6 Å². The van der Waals surface area contributed by atoms with E-state index in [0.29, 0.717) is 35.7 Å². The molecule has 1 fully saturated rings. The van der Waals surface area contributed by atoms with Crippen LogP contribution in [0.2, 0.25) is 5.02 Å². The maximum absolute atomic E-state index is 12.7. The summed E-state index contributed by atoms with van der Waals surface area (Å²) in [6.07, 6.45) is 4.50. The van der Waals surface area contributed by atoms with Crippen molar-refractivity contribution in [3.05, 3.63) is 59.4 Å². The van der Waals surface area contributed by atoms with Gasteiger partial charge in [-0.3, -0.25) is 9.78 Å². The first-order chi connectivity index (χ1) is 12.4. The highest BCUT2D eigenvalue weighted by molar-refractivity contribution is 7.88. The summed E-state index contributed by atoms with van der Waals surface area (Å²) in [6.45, 7) is 0.620. The third-order valence-corrected chi connectivity index (χ3v) is 6.37. The van der Waals surface area contributed by atoms with Gasteiger partial charge in [0.1, 0.15) is 0 Å². The minimum atomic E-state index is -3.51. The van der Waals surface area contributed by atoms with E-state index in [-0.39, 0.29) is 24.1 Å². The second-order valence-corrected chi connectivity index (χ2v) is 8.72. The van der Waals surface area contributed by atoms with Crippen LogP contribution in [0.5, 0.6) is 0 Å². The monoisotopic (exact) mass is 393 g/mol. The fourth-order valence-electron chi connectivity index (χ4n) is 3.02. The van der Waals surface area contributed by atoms with Crippen molar-refractivity contribution in [3.8, 4) is 0 Å². The van der Waals surface area contributed by atoms with Crippen LogP contribution in [-0.4, -0.2) is 36.7 Å². The first-order valence-electron chi connectivity index (χ1n) is 8.37. The van der Waals surface area contributed by atoms with Gasteiger partial charge in [0.15, 0.2) is 0 Å². The quantitative estimate of drug-likeness (QED) is 0.847. The van der Waals surface area contributed by atoms with Gasteiger partial charge in [0.2, 0.25) is 15.9 Å². The van der Waals surface area contributed by atoms with E-state index >= 15 is 0 Å². The molecule has 138 valence electrons. The summed E-state index contributed by atoms with van der Waals surface area (Å²) in [7, 11) is -3.51. The van der Waals surface area contributed by atoms with Crippen molar-refractivity contribution in [1.82, 2.24) is 9.29 Å². The molecule has 3 rings (SSSR count). The molecule has 1 atom stereocenters. The molecule has 0 radical (unpaired) electrons. The Labute approximate surface area is 158 Å². The average Bonchev–Trinajstić information content (AvgIpc) is 2.62. The Kier molecular flexibility index (Phi) is 5.90. The lowest BCUT2D eigenvalue weighted by atomic mass is 9.99. The molecule has 0 aliphatic carbocycles. The maximum atomic E-state index is 12.7. The number of hydrogen-bond donors (Lipinski definition) is 1. The molecule has 0 unspecified atom stereocenters. The molecule has 0 saturated carbocycles. The number of hydrogen-bond acceptors (Lipinski definition) is 4. The predicted molar refractivity (Wildman–Crippen MR) is 101 cm³/mol. The van der Waals surface area contributed by atoms with Gasteiger partial charge < -0.3 is 5.32 Å². The number of aromatic nitrogens is 1. The van der Waals surface area contributed by atoms with Gasteiger partial charge in [0, 0.05) is 24.3 Å². The second kappa shape index (κ2) is 8.16. The molecule has 2 aromatic rings. The molecule has 26 heavy (non-hydrogen) atoms. The van der Waals surface area contributed by atoms with Crippen molar-refractivity contribution in [1.29, 1.82) is 0 Å². The SMILES string of the molecule is O=C(Nc1cccnc1)[C@H]1CCCN(S(=O)(=O)Cc2cccc(Cl)c2)C1. The molecule has 1 amide bonds. The Balaban J connectivity index is 1.66. The number of pyridine rings is 1. The molecule has 1 aromatic heterocycles. The first-order valence-corrected chi connectivity index (χ1v) is 10.4. The Morgan fingerprint density at radius 1 is 1.31 bits per heavy atom. The summed E-state index contributed by atoms with van der Waals surface area (Å²) in [5.74, 6) is -0.677. The van der Waals surface area contributed by atoms with Gasteiger partial charge in [-0.25, -0.2) is 12.7 Å². The summed E-state index contributed by atoms with van der Waals surface area (Å²) >= 11 is 5.93. The van der Waals surface area contributed by atoms with Crippen LogP contribution < -0.4 is 5.32 Å². The standard InChI is InChI=1S/C18H20ClN3O3S/c19-16-6-1-4-14(10-16)13-26(24,25)22-9-3-5-15(12-22)18(23)21-17-7-2-8-20-11-17/h1-2,4,6-8,10-11,15H,3,5,9,12-13H2,(H,21,23)/t15-/m0/s1. The Morgan fingerprint density at radius 3 is 2.88 bits per heavy atom. The van der Waals surface area contributed by atoms with Gasteiger partial charge in [-0.2, -0.15) is 0 Å². The normalized spacial score (nSPS) is 18.4. The Morgan fingerprint density at radius 2 is 2.15 bits per heavy atom. The summed E-state index contributed by atoms with van der Waals surface area (Å²) in [6, 6.07) is 10.3. The number of halogens is 1. The molecule has 1 saturated heterocycles. The Bertz CT molecular complexity index is 874. The minimum absolute atomic E-state index is 0.121. The lowest BCUT2D eigenvalue weighted by molar-refractivity contribution is -0.120. The van der Waals surface area contributed by atoms with Gasteiger partial charge in [-0.15, -0.1) is 0 Å². The summed E-state index contributed by atoms with van der Waals surface area (Å²) < 4.78 is 26.9. The summed E-state index contributed by atoms with van der Waals surface area (Å²) in [5, 5.41) is 3.31. The van der Waals surface area contributed by atoms with E-state index in [1.165, 1.54) is 4.31 Å². The van der Waals surface area contributed by atoms with Crippen LogP contribution in [0.15, 0.2) is 48.8 Å². The molecule has 2 heterocycles. The molecule has 1 N–H and O–H groups in total. The zero-order valence-corrected chi connectivity index (χ0v) is 15.7. The Hall–Kier alpha value is -1.96. The third-order valence-electron chi connectivity index (χ3n) is 4.32. The average molecular weight is 394 g/mol. The van der Waals surface area contributed by atoms with Gasteiger partial charge in [0.25, 0.3) is 0 Å². The van der Waals surface area contributed by atoms with Crippen molar-refractivity contribution in [2.45, 2.75) is 18.6 Å². The maximum Gasteiger partial charge on any atom is 0.228 e. The number of amides is 1. The van der Waals surface area contributed by atoms with E-state index in [4.69, 9.17) is 11.6 Å². The lowest BCUT2D eigenvalue weighted by Gasteiger charge is -2.31. The van der Waals surface area contributed by atoms with Crippen LogP contribution in [0.4, 0.5) is 5.69 Å². The van der Waals surface area contributed by atoms with Gasteiger partial charge in [0.05, 0.1) is 23.6 Å². The molecular weight excluding hydrogens is 374 g/mol. The minimum Gasteiger partial charge on any atom is -0.324 e. The number of carbonyl (C=O) groups excluding carboxylic acids is 1. The predicted octanol–water partition coefficient (Wildman–Crippen LogP) is 2.92. The van der Waals surface area contributed by atoms with E-state index in [1.807, 2.05) is 0 Å². The van der Waals surface area contributed by atoms with Crippen LogP contribution in [0.1, 0.15) is 18.4 Å². The summed E-state index contributed by atoms with van der Waals surface area (Å²) in [4.78, 5) is 16.4. The zero-order chi connectivity index (χ0) is 18.6. The highest BCUT2D eigenvalue weighted by Crippen LogP contribution is 2.23. The number of sulfonamides is 1. The molecule has 8 heteroatoms. The van der Waals surface area contributed by atoms with Crippen LogP contribution >= 0.6 is 11.6 Å². The van der Waals surface area contributed by atoms with E-state index in [9.17, 15) is 13.2 Å². The second-order valence-electron chi connectivity index (χ2n) is 6.31. The number of nitrogens with zero attached hydrogens (tertiary/aromatic N) is 2. The van der Waals surface area contributed by atoms with Gasteiger partial charge in [-0.1, -0.05) is 23.7 Å². The molecule has 6 nitrogen and oxygen atoms in total. The number of nitrogens with one attached hydrogen (secondary N) is 1. The van der Waals surface area contributed by atoms with Crippen LogP contribution in [0.3, 0.4) is 0 Å². The molecule has 1 aliphatic heterocycles. The van der Waals surface area contributed by atoms with E-state index in [2.05, 4.69) is 10.3 Å². The van der Waals surface area contributed by atoms with Crippen molar-refractivity contribution in [3.63, 3.8) is 0 Å². The van der Waals surface area contributed by atoms with Gasteiger partial charge in [-0.05, 0) is 42.7 Å². The molecule has 0 bridgehead atoms. The number of anilines is 1. The zero-order valence-electron chi connectivity index (χ0n) is 14.1. The number of piperidine rings is 1. The van der Waals surface area contributed by atoms with E-state index in [1.54, 1.807) is 48.8 Å². The van der Waals surface area contributed by atoms with Crippen LogP contribution in [0.25, 0.3) is 0 Å². The molecule has 0 spiro atoms. The largest absolute Gasteiger partial charge is 0.324 e. The number of rotatable bonds is 5. The number of benzene rings is 1. The van der Waals surface area contributed by atoms with E-state index < -0.39 is 10.0 Å². The van der Waals surface area contributed by atoms with Crippen molar-refractivity contribution in [2.24, 2.45) is 5.92 Å². The van der Waals surface area contributed by atoms with Crippen LogP contribution in [0, 0.1) is 5.92 Å². The highest BCUT2D eigenvalue weighted by Gasteiger charge is 2.32. The topological polar surface area (TPSA) is 79.4 Å². The summed E-state index contributed by atoms with van der Waals surface area (Å²) in [5.41, 5.74) is 1.25. The van der Waals surface area contributed by atoms with Gasteiger partial charge >= 0.3 is 0 Å². The third kappa shape index (κ3) is 4.81. The van der Waals surface area contributed by atoms with Crippen molar-refractivity contribution in [2.75, 3.05) is 18.4 Å². The fraction of sp³-hybridized carbons (Fsp3) is 0.333. The van der Waals surface area contributed by atoms with E-state index in [0.717, 1.165) is 0 Å². The lowest BCUT2D eigenvalue weighted by Crippen LogP contribution is -2.44. The molecule has 1 aliphatic rings. The molecular formula is C18H20ClN3O3S. The number of carbonyl (C=O) groups is 1. The first kappa shape index (κ1) is 18.8.